The molecule has 0 aromatic heterocycles. The maximum absolute atomic E-state index is 12.5. The Hall–Kier alpha value is -2.71. The number of carbonyl (C=O) groups excluding carboxylic acids is 1. The first-order valence-corrected chi connectivity index (χ1v) is 9.66. The largest absolute Gasteiger partial charge is 0.478 e. The number of aromatic carboxylic acids is 1. The highest BCUT2D eigenvalue weighted by atomic mass is 32.2. The van der Waals surface area contributed by atoms with E-state index in [1.54, 1.807) is 39.8 Å². The van der Waals surface area contributed by atoms with Crippen molar-refractivity contribution in [3.8, 4) is 0 Å². The van der Waals surface area contributed by atoms with Crippen LogP contribution in [0, 0.1) is 6.92 Å². The van der Waals surface area contributed by atoms with Crippen LogP contribution in [-0.2, 0) is 10.0 Å². The van der Waals surface area contributed by atoms with E-state index in [1.165, 1.54) is 30.3 Å². The number of benzene rings is 2. The van der Waals surface area contributed by atoms with Gasteiger partial charge in [-0.1, -0.05) is 6.07 Å². The fourth-order valence-electron chi connectivity index (χ4n) is 2.44. The smallest absolute Gasteiger partial charge is 0.335 e. The van der Waals surface area contributed by atoms with E-state index in [2.05, 4.69) is 10.0 Å². The average Bonchev–Trinajstić information content (AvgIpc) is 2.52. The normalized spacial score (nSPS) is 11.9. The molecule has 0 fully saturated rings. The quantitative estimate of drug-likeness (QED) is 0.726. The van der Waals surface area contributed by atoms with Crippen LogP contribution in [0.5, 0.6) is 0 Å². The predicted molar refractivity (Wildman–Crippen MR) is 103 cm³/mol. The summed E-state index contributed by atoms with van der Waals surface area (Å²) in [4.78, 5) is 23.6. The van der Waals surface area contributed by atoms with Crippen LogP contribution in [0.15, 0.2) is 47.4 Å². The number of carboxylic acids is 1. The van der Waals surface area contributed by atoms with Crippen LogP contribution in [0.2, 0.25) is 0 Å². The lowest BCUT2D eigenvalue weighted by atomic mass is 10.1. The molecule has 0 aliphatic carbocycles. The third-order valence-corrected chi connectivity index (χ3v) is 5.18. The molecule has 0 atom stereocenters. The van der Waals surface area contributed by atoms with Gasteiger partial charge in [-0.05, 0) is 69.7 Å². The molecule has 27 heavy (non-hydrogen) atoms. The Morgan fingerprint density at radius 2 is 1.63 bits per heavy atom. The van der Waals surface area contributed by atoms with Crippen LogP contribution in [0.25, 0.3) is 0 Å². The van der Waals surface area contributed by atoms with E-state index in [9.17, 15) is 18.0 Å². The SMILES string of the molecule is Cc1cc(C(=O)O)cc(C(=O)Nc2cccc(S(=O)(=O)NC(C)(C)C)c2)c1. The van der Waals surface area contributed by atoms with Gasteiger partial charge in [0.1, 0.15) is 0 Å². The predicted octanol–water partition coefficient (Wildman–Crippen LogP) is 3.02. The number of anilines is 1. The van der Waals surface area contributed by atoms with Gasteiger partial charge >= 0.3 is 5.97 Å². The summed E-state index contributed by atoms with van der Waals surface area (Å²) in [6.45, 7) is 6.88. The van der Waals surface area contributed by atoms with Crippen molar-refractivity contribution in [1.29, 1.82) is 0 Å². The maximum Gasteiger partial charge on any atom is 0.335 e. The first-order chi connectivity index (χ1) is 12.4. The van der Waals surface area contributed by atoms with Crippen molar-refractivity contribution in [2.24, 2.45) is 0 Å². The number of aryl methyl sites for hydroxylation is 1. The maximum atomic E-state index is 12.5. The second-order valence-corrected chi connectivity index (χ2v) is 8.91. The molecule has 0 aliphatic heterocycles. The fourth-order valence-corrected chi connectivity index (χ4v) is 3.91. The summed E-state index contributed by atoms with van der Waals surface area (Å²) in [7, 11) is -3.74. The first-order valence-electron chi connectivity index (χ1n) is 8.18. The molecule has 0 bridgehead atoms. The van der Waals surface area contributed by atoms with Crippen molar-refractivity contribution in [1.82, 2.24) is 4.72 Å². The molecule has 0 unspecified atom stereocenters. The molecule has 8 heteroatoms. The van der Waals surface area contributed by atoms with Crippen molar-refractivity contribution in [2.75, 3.05) is 5.32 Å². The van der Waals surface area contributed by atoms with Crippen molar-refractivity contribution in [2.45, 2.75) is 38.1 Å². The van der Waals surface area contributed by atoms with Crippen LogP contribution in [0.3, 0.4) is 0 Å². The van der Waals surface area contributed by atoms with Crippen LogP contribution in [-0.4, -0.2) is 30.9 Å². The zero-order valence-corrected chi connectivity index (χ0v) is 16.3. The molecule has 2 aromatic rings. The number of hydrogen-bond acceptors (Lipinski definition) is 4. The summed E-state index contributed by atoms with van der Waals surface area (Å²) < 4.78 is 27.4. The molecule has 7 nitrogen and oxygen atoms in total. The summed E-state index contributed by atoms with van der Waals surface area (Å²) in [5.74, 6) is -1.66. The van der Waals surface area contributed by atoms with Gasteiger partial charge in [0.05, 0.1) is 10.5 Å². The Kier molecular flexibility index (Phi) is 5.72. The highest BCUT2D eigenvalue weighted by Crippen LogP contribution is 2.19. The Morgan fingerprint density at radius 3 is 2.22 bits per heavy atom. The summed E-state index contributed by atoms with van der Waals surface area (Å²) in [5.41, 5.74) is 0.452. The van der Waals surface area contributed by atoms with Crippen LogP contribution in [0.1, 0.15) is 47.1 Å². The van der Waals surface area contributed by atoms with E-state index in [0.717, 1.165) is 0 Å². The molecule has 0 saturated carbocycles. The lowest BCUT2D eigenvalue weighted by molar-refractivity contribution is 0.0696. The summed E-state index contributed by atoms with van der Waals surface area (Å²) in [5, 5.41) is 11.7. The van der Waals surface area contributed by atoms with Crippen LogP contribution >= 0.6 is 0 Å². The molecule has 0 heterocycles. The van der Waals surface area contributed by atoms with Gasteiger partial charge in [0, 0.05) is 16.8 Å². The number of rotatable bonds is 5. The second-order valence-electron chi connectivity index (χ2n) is 7.23. The minimum atomic E-state index is -3.74. The Labute approximate surface area is 158 Å². The lowest BCUT2D eigenvalue weighted by Crippen LogP contribution is -2.40. The van der Waals surface area contributed by atoms with Gasteiger partial charge in [-0.15, -0.1) is 0 Å². The number of nitrogens with one attached hydrogen (secondary N) is 2. The van der Waals surface area contributed by atoms with Crippen LogP contribution in [0.4, 0.5) is 5.69 Å². The molecule has 3 N–H and O–H groups in total. The van der Waals surface area contributed by atoms with Gasteiger partial charge in [0.2, 0.25) is 10.0 Å². The Morgan fingerprint density at radius 1 is 1.00 bits per heavy atom. The number of carboxylic acid groups (broad SMARTS) is 1. The summed E-state index contributed by atoms with van der Waals surface area (Å²) in [6, 6.07) is 10.1. The fraction of sp³-hybridized carbons (Fsp3) is 0.263. The van der Waals surface area contributed by atoms with Gasteiger partial charge in [-0.25, -0.2) is 17.9 Å². The molecule has 2 rings (SSSR count). The first kappa shape index (κ1) is 20.6. The molecule has 144 valence electrons. The number of carbonyl (C=O) groups is 2. The highest BCUT2D eigenvalue weighted by molar-refractivity contribution is 7.89. The number of hydrogen-bond donors (Lipinski definition) is 3. The monoisotopic (exact) mass is 390 g/mol. The third kappa shape index (κ3) is 5.63. The van der Waals surface area contributed by atoms with Crippen LogP contribution < -0.4 is 10.0 Å². The van der Waals surface area contributed by atoms with Gasteiger partial charge in [0.25, 0.3) is 5.91 Å². The van der Waals surface area contributed by atoms with E-state index in [-0.39, 0.29) is 21.7 Å². The van der Waals surface area contributed by atoms with E-state index >= 15 is 0 Å². The highest BCUT2D eigenvalue weighted by Gasteiger charge is 2.22. The van der Waals surface area contributed by atoms with Gasteiger partial charge < -0.3 is 10.4 Å². The topological polar surface area (TPSA) is 113 Å². The van der Waals surface area contributed by atoms with E-state index in [4.69, 9.17) is 5.11 Å². The minimum absolute atomic E-state index is 0.00542. The number of sulfonamides is 1. The molecular formula is C19H22N2O5S. The second kappa shape index (κ2) is 7.50. The molecule has 0 radical (unpaired) electrons. The van der Waals surface area contributed by atoms with Gasteiger partial charge in [-0.2, -0.15) is 0 Å². The zero-order chi connectivity index (χ0) is 20.4. The number of amides is 1. The molecule has 1 amide bonds. The van der Waals surface area contributed by atoms with Gasteiger partial charge in [0.15, 0.2) is 0 Å². The van der Waals surface area contributed by atoms with E-state index in [1.807, 2.05) is 0 Å². The Balaban J connectivity index is 2.29. The minimum Gasteiger partial charge on any atom is -0.478 e. The van der Waals surface area contributed by atoms with Gasteiger partial charge in [-0.3, -0.25) is 4.79 Å². The lowest BCUT2D eigenvalue weighted by Gasteiger charge is -2.20. The molecule has 0 spiro atoms. The summed E-state index contributed by atoms with van der Waals surface area (Å²) in [6.07, 6.45) is 0. The zero-order valence-electron chi connectivity index (χ0n) is 15.5. The summed E-state index contributed by atoms with van der Waals surface area (Å²) >= 11 is 0. The third-order valence-electron chi connectivity index (χ3n) is 3.43. The standard InChI is InChI=1S/C19H22N2O5S/c1-12-8-13(10-14(9-12)18(23)24)17(22)20-15-6-5-7-16(11-15)27(25,26)21-19(2,3)4/h5-11,21H,1-4H3,(H,20,22)(H,23,24). The molecule has 0 aliphatic rings. The average molecular weight is 390 g/mol. The molecule has 0 saturated heterocycles. The van der Waals surface area contributed by atoms with Crippen molar-refractivity contribution in [3.63, 3.8) is 0 Å². The van der Waals surface area contributed by atoms with Crippen molar-refractivity contribution >= 4 is 27.6 Å². The van der Waals surface area contributed by atoms with Crippen molar-refractivity contribution in [3.05, 3.63) is 59.2 Å². The molecule has 2 aromatic carbocycles. The molecular weight excluding hydrogens is 368 g/mol. The Bertz CT molecular complexity index is 991. The van der Waals surface area contributed by atoms with Crippen molar-refractivity contribution < 1.29 is 23.1 Å². The van der Waals surface area contributed by atoms with E-state index in [0.29, 0.717) is 5.56 Å². The van der Waals surface area contributed by atoms with E-state index < -0.39 is 27.4 Å².